The molecule has 0 aromatic heterocycles. The summed E-state index contributed by atoms with van der Waals surface area (Å²) < 4.78 is 31.4. The number of carbonyl (C=O) groups excluding carboxylic acids is 2. The number of hydrogen-bond donors (Lipinski definition) is 2. The van der Waals surface area contributed by atoms with E-state index in [1.165, 1.54) is 36.2 Å². The Morgan fingerprint density at radius 1 is 0.552 bits per heavy atom. The van der Waals surface area contributed by atoms with Gasteiger partial charge in [-0.25, -0.2) is 4.39 Å². The maximum absolute atomic E-state index is 13.2. The Kier molecular flexibility index (Phi) is 18.2. The molecular weight excluding hydrogens is 730 g/mol. The highest BCUT2D eigenvalue weighted by Crippen LogP contribution is 2.32. The minimum Gasteiger partial charge on any atom is -0.457 e. The normalized spacial score (nSPS) is 11.1. The monoisotopic (exact) mass is 785 g/mol. The molecule has 0 heterocycles. The van der Waals surface area contributed by atoms with E-state index in [4.69, 9.17) is 14.2 Å². The van der Waals surface area contributed by atoms with Gasteiger partial charge in [0.15, 0.2) is 11.6 Å². The lowest BCUT2D eigenvalue weighted by Crippen LogP contribution is -2.11. The molecule has 0 amide bonds. The average molecular weight is 786 g/mol. The molecule has 0 saturated heterocycles. The molecule has 58 heavy (non-hydrogen) atoms. The predicted molar refractivity (Wildman–Crippen MR) is 232 cm³/mol. The number of benzene rings is 6. The minimum atomic E-state index is -0.449. The van der Waals surface area contributed by atoms with Crippen LogP contribution in [-0.4, -0.2) is 29.9 Å². The van der Waals surface area contributed by atoms with E-state index in [-0.39, 0.29) is 36.3 Å². The number of ether oxygens (including phenoxy) is 3. The van der Waals surface area contributed by atoms with Crippen molar-refractivity contribution in [2.45, 2.75) is 66.4 Å². The summed E-state index contributed by atoms with van der Waals surface area (Å²) >= 11 is 0. The van der Waals surface area contributed by atoms with Crippen molar-refractivity contribution in [3.05, 3.63) is 190 Å². The third-order valence-electron chi connectivity index (χ3n) is 8.57. The van der Waals surface area contributed by atoms with Crippen molar-refractivity contribution in [2.24, 2.45) is 0 Å². The third-order valence-corrected chi connectivity index (χ3v) is 8.57. The van der Waals surface area contributed by atoms with Crippen molar-refractivity contribution in [3.63, 3.8) is 0 Å². The number of halogens is 1. The number of ketones is 2. The highest BCUT2D eigenvalue weighted by atomic mass is 19.1. The molecule has 6 aromatic carbocycles. The van der Waals surface area contributed by atoms with E-state index in [0.29, 0.717) is 45.3 Å². The zero-order chi connectivity index (χ0) is 41.4. The van der Waals surface area contributed by atoms with Crippen molar-refractivity contribution in [1.82, 2.24) is 6.15 Å². The second-order valence-electron chi connectivity index (χ2n) is 14.1. The van der Waals surface area contributed by atoms with E-state index < -0.39 is 11.9 Å². The van der Waals surface area contributed by atoms with Crippen molar-refractivity contribution in [3.8, 4) is 23.0 Å². The van der Waals surface area contributed by atoms with Crippen LogP contribution in [0.1, 0.15) is 110 Å². The number of carbonyl (C=O) groups is 2. The van der Waals surface area contributed by atoms with E-state index in [0.717, 1.165) is 11.1 Å². The molecule has 7 nitrogen and oxygen atoms in total. The van der Waals surface area contributed by atoms with Crippen LogP contribution in [0, 0.1) is 5.82 Å². The van der Waals surface area contributed by atoms with E-state index in [9.17, 15) is 19.1 Å². The van der Waals surface area contributed by atoms with Crippen LogP contribution in [0.3, 0.4) is 0 Å². The quantitative estimate of drug-likeness (QED) is 0.112. The van der Waals surface area contributed by atoms with E-state index in [2.05, 4.69) is 34.6 Å². The molecule has 0 spiro atoms. The highest BCUT2D eigenvalue weighted by Gasteiger charge is 2.17. The smallest absolute Gasteiger partial charge is 0.193 e. The Hall–Kier alpha value is -5.93. The van der Waals surface area contributed by atoms with Crippen LogP contribution in [0.15, 0.2) is 146 Å². The van der Waals surface area contributed by atoms with Gasteiger partial charge in [0.2, 0.25) is 0 Å². The second-order valence-corrected chi connectivity index (χ2v) is 14.1. The summed E-state index contributed by atoms with van der Waals surface area (Å²) in [5, 5.41) is 9.49. The fourth-order valence-electron chi connectivity index (χ4n) is 5.65. The molecule has 0 unspecified atom stereocenters. The summed E-state index contributed by atoms with van der Waals surface area (Å²) in [6.45, 7) is 14.7. The molecule has 0 radical (unpaired) electrons. The van der Waals surface area contributed by atoms with Gasteiger partial charge in [0.05, 0.1) is 13.2 Å². The van der Waals surface area contributed by atoms with Crippen LogP contribution < -0.4 is 15.6 Å². The van der Waals surface area contributed by atoms with Gasteiger partial charge in [-0.05, 0) is 119 Å². The zero-order valence-electron chi connectivity index (χ0n) is 34.6. The van der Waals surface area contributed by atoms with Gasteiger partial charge in [0, 0.05) is 22.3 Å². The Balaban J connectivity index is 0.00000143. The first-order valence-electron chi connectivity index (χ1n) is 19.4. The Morgan fingerprint density at radius 3 is 1.16 bits per heavy atom. The van der Waals surface area contributed by atoms with E-state index >= 15 is 0 Å². The lowest BCUT2D eigenvalue weighted by molar-refractivity contribution is 0.0501. The van der Waals surface area contributed by atoms with Gasteiger partial charge >= 0.3 is 0 Å². The summed E-state index contributed by atoms with van der Waals surface area (Å²) in [5.74, 6) is 1.73. The molecular formula is C50H56FNO6. The topological polar surface area (TPSA) is 117 Å². The maximum atomic E-state index is 13.2. The van der Waals surface area contributed by atoms with Crippen LogP contribution in [0.25, 0.3) is 0 Å². The van der Waals surface area contributed by atoms with E-state index in [1.807, 2.05) is 86.6 Å². The summed E-state index contributed by atoms with van der Waals surface area (Å²) in [5.41, 5.74) is 5.03. The average Bonchev–Trinajstić information content (AvgIpc) is 3.23. The number of aliphatic hydroxyl groups is 1. The van der Waals surface area contributed by atoms with Crippen molar-refractivity contribution >= 4 is 11.6 Å². The van der Waals surface area contributed by atoms with Crippen LogP contribution in [0.4, 0.5) is 4.39 Å². The number of rotatable bonds is 13. The van der Waals surface area contributed by atoms with Crippen LogP contribution in [-0.2, 0) is 10.2 Å². The summed E-state index contributed by atoms with van der Waals surface area (Å²) in [4.78, 5) is 25.8. The van der Waals surface area contributed by atoms with Crippen molar-refractivity contribution in [1.29, 1.82) is 0 Å². The maximum Gasteiger partial charge on any atom is 0.193 e. The first-order chi connectivity index (χ1) is 27.5. The number of hydrogen-bond acceptors (Lipinski definition) is 7. The molecule has 8 heteroatoms. The van der Waals surface area contributed by atoms with Crippen molar-refractivity contribution < 1.29 is 33.3 Å². The standard InChI is InChI=1S/C45H39FO6.C3H8.C2H6.H3N/c1-45(2,3)36-16-4-30(5-17-36)42(48)32-8-20-38(21-9-32)51-40-24-12-34(13-25-40)44(50-29-28-47)35-14-26-41(27-15-35)52-39-22-10-33(11-23-39)43(49)31-6-18-37(46)19-7-31;1-3-2;1-2;/h4-27,44,47H,28-29H2,1-3H3;3H2,1-2H3;1-2H3;1H3/t44-;;;/m1.../s1. The Labute approximate surface area is 343 Å². The summed E-state index contributed by atoms with van der Waals surface area (Å²) in [6.07, 6.45) is 0.801. The second kappa shape index (κ2) is 22.7. The number of aliphatic hydroxyl groups excluding tert-OH is 1. The highest BCUT2D eigenvalue weighted by molar-refractivity contribution is 6.09. The molecule has 4 N–H and O–H groups in total. The van der Waals surface area contributed by atoms with Gasteiger partial charge in [0.1, 0.15) is 34.9 Å². The molecule has 0 saturated carbocycles. The minimum absolute atomic E-state index is 0. The fourth-order valence-corrected chi connectivity index (χ4v) is 5.65. The lowest BCUT2D eigenvalue weighted by Gasteiger charge is -2.19. The Morgan fingerprint density at radius 2 is 0.845 bits per heavy atom. The SMILES string of the molecule is CC.CC(C)(C)c1ccc(C(=O)c2ccc(Oc3ccc([C@@H](OCCO)c4ccc(Oc5ccc(C(=O)c6ccc(F)cc6)cc5)cc4)cc3)cc2)cc1.CCC.N. The lowest BCUT2D eigenvalue weighted by atomic mass is 9.86. The molecule has 6 aromatic rings. The van der Waals surface area contributed by atoms with Gasteiger partial charge in [-0.2, -0.15) is 0 Å². The van der Waals surface area contributed by atoms with Crippen molar-refractivity contribution in [2.75, 3.05) is 13.2 Å². The molecule has 0 aliphatic rings. The molecule has 1 atom stereocenters. The van der Waals surface area contributed by atoms with Gasteiger partial charge in [-0.15, -0.1) is 0 Å². The van der Waals surface area contributed by atoms with E-state index in [1.54, 1.807) is 48.5 Å². The zero-order valence-corrected chi connectivity index (χ0v) is 34.6. The molecule has 0 aliphatic carbocycles. The largest absolute Gasteiger partial charge is 0.457 e. The third kappa shape index (κ3) is 13.1. The summed E-state index contributed by atoms with van der Waals surface area (Å²) in [6, 6.07) is 42.0. The molecule has 0 fully saturated rings. The van der Waals surface area contributed by atoms with Gasteiger partial charge < -0.3 is 25.5 Å². The Bertz CT molecular complexity index is 2120. The fraction of sp³-hybridized carbons (Fsp3) is 0.240. The molecule has 0 bridgehead atoms. The molecule has 0 aliphatic heterocycles. The first kappa shape index (κ1) is 46.5. The molecule has 6 rings (SSSR count). The molecule has 304 valence electrons. The predicted octanol–water partition coefficient (Wildman–Crippen LogP) is 12.9. The first-order valence-corrected chi connectivity index (χ1v) is 19.4. The van der Waals surface area contributed by atoms with Gasteiger partial charge in [-0.3, -0.25) is 9.59 Å². The van der Waals surface area contributed by atoms with Crippen LogP contribution >= 0.6 is 0 Å². The van der Waals surface area contributed by atoms with Crippen LogP contribution in [0.5, 0.6) is 23.0 Å². The van der Waals surface area contributed by atoms with Gasteiger partial charge in [-0.1, -0.05) is 103 Å². The van der Waals surface area contributed by atoms with Gasteiger partial charge in [0.25, 0.3) is 0 Å². The van der Waals surface area contributed by atoms with Crippen LogP contribution in [0.2, 0.25) is 0 Å². The summed E-state index contributed by atoms with van der Waals surface area (Å²) in [7, 11) is 0.